The largest absolute Gasteiger partial charge is 0.326 e. The molecular weight excluding hydrogens is 522 g/mol. The highest BCUT2D eigenvalue weighted by Crippen LogP contribution is 2.41. The maximum absolute atomic E-state index is 14.1. The number of ketones is 1. The van der Waals surface area contributed by atoms with Crippen LogP contribution in [0.1, 0.15) is 68.8 Å². The second-order valence-corrected chi connectivity index (χ2v) is 13.1. The van der Waals surface area contributed by atoms with Crippen molar-refractivity contribution in [1.82, 2.24) is 35.2 Å². The number of rotatable bonds is 7. The number of H-pyrrole nitrogens is 1. The molecule has 10 heteroatoms. The standard InChI is InChI=1S/C30H43N7O2S/c1-5-36(23-9-7-22(8-10-23)34-17-24(18-34)35-13-6-12-31-35)37-21(4)28(38)26(29-27(33-37)11-14-40-29)16-25-19(2)15-20(3)32-30(25)39/h6,12-13,15,21-24,26,33H,5,7-11,14,16-18H2,1-4H3,(H,32,39)/t21?,22-,23-,26?. The van der Waals surface area contributed by atoms with Crippen LogP contribution in [0.2, 0.25) is 0 Å². The summed E-state index contributed by atoms with van der Waals surface area (Å²) in [6, 6.07) is 5.25. The molecule has 1 aliphatic carbocycles. The van der Waals surface area contributed by atoms with Gasteiger partial charge in [-0.1, -0.05) is 6.92 Å². The van der Waals surface area contributed by atoms with Gasteiger partial charge in [0.05, 0.1) is 12.0 Å². The third-order valence-electron chi connectivity index (χ3n) is 9.49. The van der Waals surface area contributed by atoms with E-state index in [4.69, 9.17) is 0 Å². The van der Waals surface area contributed by atoms with Gasteiger partial charge in [0, 0.05) is 71.7 Å². The first-order valence-electron chi connectivity index (χ1n) is 15.0. The van der Waals surface area contributed by atoms with Gasteiger partial charge in [-0.2, -0.15) is 5.10 Å². The molecule has 2 aromatic rings. The van der Waals surface area contributed by atoms with Gasteiger partial charge in [-0.05, 0) is 77.0 Å². The summed E-state index contributed by atoms with van der Waals surface area (Å²) >= 11 is 1.78. The zero-order valence-electron chi connectivity index (χ0n) is 24.2. The predicted molar refractivity (Wildman–Crippen MR) is 159 cm³/mol. The lowest BCUT2D eigenvalue weighted by molar-refractivity contribution is -0.151. The Balaban J connectivity index is 1.14. The van der Waals surface area contributed by atoms with Crippen LogP contribution in [0.5, 0.6) is 0 Å². The minimum atomic E-state index is -0.316. The highest BCUT2D eigenvalue weighted by atomic mass is 32.2. The van der Waals surface area contributed by atoms with Gasteiger partial charge in [0.25, 0.3) is 5.56 Å². The first kappa shape index (κ1) is 27.8. The van der Waals surface area contributed by atoms with Crippen molar-refractivity contribution >= 4 is 17.5 Å². The van der Waals surface area contributed by atoms with E-state index < -0.39 is 0 Å². The fourth-order valence-electron chi connectivity index (χ4n) is 7.25. The van der Waals surface area contributed by atoms with Crippen LogP contribution in [0.25, 0.3) is 0 Å². The number of aromatic nitrogens is 3. The van der Waals surface area contributed by atoms with Crippen molar-refractivity contribution in [2.75, 3.05) is 25.4 Å². The van der Waals surface area contributed by atoms with E-state index in [1.165, 1.54) is 12.8 Å². The highest BCUT2D eigenvalue weighted by molar-refractivity contribution is 8.03. The molecule has 5 heterocycles. The summed E-state index contributed by atoms with van der Waals surface area (Å²) in [4.78, 5) is 33.7. The minimum Gasteiger partial charge on any atom is -0.326 e. The van der Waals surface area contributed by atoms with Crippen LogP contribution in [-0.4, -0.2) is 79.1 Å². The maximum Gasteiger partial charge on any atom is 0.251 e. The van der Waals surface area contributed by atoms with E-state index in [9.17, 15) is 9.59 Å². The number of carbonyl (C=O) groups excluding carboxylic acids is 1. The summed E-state index contributed by atoms with van der Waals surface area (Å²) in [6.07, 6.45) is 9.94. The number of carbonyl (C=O) groups is 1. The number of pyridine rings is 1. The minimum absolute atomic E-state index is 0.0674. The van der Waals surface area contributed by atoms with Crippen LogP contribution in [0.3, 0.4) is 0 Å². The monoisotopic (exact) mass is 565 g/mol. The van der Waals surface area contributed by atoms with Crippen molar-refractivity contribution in [2.24, 2.45) is 5.92 Å². The molecule has 1 saturated carbocycles. The van der Waals surface area contributed by atoms with Crippen molar-refractivity contribution in [3.8, 4) is 0 Å². The third kappa shape index (κ3) is 5.19. The molecule has 0 aromatic carbocycles. The summed E-state index contributed by atoms with van der Waals surface area (Å²) in [7, 11) is 0. The summed E-state index contributed by atoms with van der Waals surface area (Å²) in [5.41, 5.74) is 7.37. The lowest BCUT2D eigenvalue weighted by atomic mass is 9.87. The third-order valence-corrected chi connectivity index (χ3v) is 10.7. The van der Waals surface area contributed by atoms with Crippen LogP contribution in [0.4, 0.5) is 0 Å². The molecule has 3 aliphatic heterocycles. The number of aromatic amines is 1. The quantitative estimate of drug-likeness (QED) is 0.527. The van der Waals surface area contributed by atoms with E-state index in [0.717, 1.165) is 72.1 Å². The molecule has 4 aliphatic rings. The molecule has 2 atom stereocenters. The Bertz CT molecular complexity index is 1310. The summed E-state index contributed by atoms with van der Waals surface area (Å²) in [6.45, 7) is 11.1. The van der Waals surface area contributed by atoms with Crippen molar-refractivity contribution in [1.29, 1.82) is 0 Å². The number of nitrogens with zero attached hydrogens (tertiary/aromatic N) is 5. The lowest BCUT2D eigenvalue weighted by Crippen LogP contribution is -2.61. The van der Waals surface area contributed by atoms with Crippen LogP contribution < -0.4 is 11.0 Å². The smallest absolute Gasteiger partial charge is 0.251 e. The van der Waals surface area contributed by atoms with Gasteiger partial charge in [0.1, 0.15) is 6.04 Å². The Morgan fingerprint density at radius 1 is 1.12 bits per heavy atom. The van der Waals surface area contributed by atoms with E-state index in [1.54, 1.807) is 11.8 Å². The normalized spacial score (nSPS) is 28.5. The zero-order chi connectivity index (χ0) is 28.0. The molecule has 6 rings (SSSR count). The van der Waals surface area contributed by atoms with Gasteiger partial charge in [-0.3, -0.25) is 19.2 Å². The van der Waals surface area contributed by atoms with Crippen LogP contribution >= 0.6 is 11.8 Å². The van der Waals surface area contributed by atoms with Gasteiger partial charge >= 0.3 is 0 Å². The van der Waals surface area contributed by atoms with E-state index in [0.29, 0.717) is 24.5 Å². The number of hydrogen-bond donors (Lipinski definition) is 2. The van der Waals surface area contributed by atoms with Gasteiger partial charge in [-0.15, -0.1) is 16.9 Å². The number of Topliss-reactive ketones (excluding diaryl/α,β-unsaturated/α-hetero) is 1. The van der Waals surface area contributed by atoms with E-state index >= 15 is 0 Å². The zero-order valence-corrected chi connectivity index (χ0v) is 25.0. The Morgan fingerprint density at radius 3 is 2.58 bits per heavy atom. The Labute approximate surface area is 241 Å². The molecule has 9 nitrogen and oxygen atoms in total. The van der Waals surface area contributed by atoms with Crippen molar-refractivity contribution in [3.63, 3.8) is 0 Å². The average molecular weight is 566 g/mol. The van der Waals surface area contributed by atoms with Gasteiger partial charge in [-0.25, -0.2) is 5.01 Å². The van der Waals surface area contributed by atoms with Crippen molar-refractivity contribution < 1.29 is 4.79 Å². The second kappa shape index (κ2) is 11.5. The van der Waals surface area contributed by atoms with Gasteiger partial charge in [0.2, 0.25) is 0 Å². The predicted octanol–water partition coefficient (Wildman–Crippen LogP) is 3.58. The first-order valence-corrected chi connectivity index (χ1v) is 16.0. The number of thioether (sulfide) groups is 1. The van der Waals surface area contributed by atoms with Crippen LogP contribution in [0.15, 0.2) is 39.9 Å². The van der Waals surface area contributed by atoms with E-state index in [1.807, 2.05) is 39.1 Å². The van der Waals surface area contributed by atoms with E-state index in [2.05, 4.69) is 48.3 Å². The summed E-state index contributed by atoms with van der Waals surface area (Å²) in [5, 5.41) is 8.99. The van der Waals surface area contributed by atoms with Crippen LogP contribution in [0, 0.1) is 19.8 Å². The SMILES string of the molecule is CCN([C@H]1CC[C@H](N2CC(n3cccn3)C2)CC1)N1NC2=C(SCC2)C(Cc2c(C)cc(C)[nH]c2=O)C(=O)C1C. The molecule has 40 heavy (non-hydrogen) atoms. The van der Waals surface area contributed by atoms with Crippen LogP contribution in [-0.2, 0) is 11.2 Å². The number of nitrogens with one attached hydrogen (secondary N) is 2. The number of hydrogen-bond acceptors (Lipinski definition) is 8. The fourth-order valence-corrected chi connectivity index (χ4v) is 8.50. The fraction of sp³-hybridized carbons (Fsp3) is 0.633. The molecule has 2 N–H and O–H groups in total. The van der Waals surface area contributed by atoms with E-state index in [-0.39, 0.29) is 23.3 Å². The molecule has 0 bridgehead atoms. The maximum atomic E-state index is 14.1. The van der Waals surface area contributed by atoms with Gasteiger partial charge in [0.15, 0.2) is 5.78 Å². The Hall–Kier alpha value is -2.40. The molecule has 2 fully saturated rings. The van der Waals surface area contributed by atoms with Gasteiger partial charge < -0.3 is 10.4 Å². The number of allylic oxidation sites excluding steroid dienone is 2. The number of likely N-dealkylation sites (tertiary alicyclic amines) is 1. The summed E-state index contributed by atoms with van der Waals surface area (Å²) < 4.78 is 2.10. The summed E-state index contributed by atoms with van der Waals surface area (Å²) in [5.74, 6) is 0.879. The molecule has 2 unspecified atom stereocenters. The van der Waals surface area contributed by atoms with Crippen molar-refractivity contribution in [3.05, 3.63) is 62.3 Å². The molecule has 1 saturated heterocycles. The topological polar surface area (TPSA) is 89.5 Å². The Morgan fingerprint density at radius 2 is 1.90 bits per heavy atom. The second-order valence-electron chi connectivity index (χ2n) is 12.0. The molecule has 0 spiro atoms. The molecule has 216 valence electrons. The first-order chi connectivity index (χ1) is 19.3. The molecule has 2 aromatic heterocycles. The van der Waals surface area contributed by atoms with Crippen molar-refractivity contribution in [2.45, 2.75) is 90.4 Å². The Kier molecular flexibility index (Phi) is 7.96. The molecule has 0 radical (unpaired) electrons. The lowest BCUT2D eigenvalue weighted by Gasteiger charge is -2.49. The number of aryl methyl sites for hydroxylation is 2. The molecular formula is C30H43N7O2S. The molecule has 0 amide bonds. The highest BCUT2D eigenvalue weighted by Gasteiger charge is 2.43. The average Bonchev–Trinajstić information content (AvgIpc) is 3.58. The number of hydrazine groups is 2.